The first kappa shape index (κ1) is 19.3. The Kier molecular flexibility index (Phi) is 6.47. The van der Waals surface area contributed by atoms with Gasteiger partial charge in [-0.15, -0.1) is 6.58 Å². The van der Waals surface area contributed by atoms with Crippen LogP contribution in [0.4, 0.5) is 5.69 Å². The second-order valence-corrected chi connectivity index (χ2v) is 7.84. The Labute approximate surface area is 156 Å². The molecule has 5 nitrogen and oxygen atoms in total. The lowest BCUT2D eigenvalue weighted by Crippen LogP contribution is -2.30. The van der Waals surface area contributed by atoms with Gasteiger partial charge in [-0.2, -0.15) is 0 Å². The minimum absolute atomic E-state index is 0.0150. The molecule has 0 saturated heterocycles. The van der Waals surface area contributed by atoms with E-state index in [0.717, 1.165) is 0 Å². The first-order chi connectivity index (χ1) is 11.8. The molecule has 0 aliphatic heterocycles. The van der Waals surface area contributed by atoms with Gasteiger partial charge in [0.1, 0.15) is 0 Å². The van der Waals surface area contributed by atoms with Crippen LogP contribution in [0.25, 0.3) is 0 Å². The largest absolute Gasteiger partial charge is 0.375 e. The molecule has 0 aliphatic rings. The van der Waals surface area contributed by atoms with Crippen molar-refractivity contribution in [3.63, 3.8) is 0 Å². The van der Waals surface area contributed by atoms with Gasteiger partial charge >= 0.3 is 0 Å². The summed E-state index contributed by atoms with van der Waals surface area (Å²) in [6, 6.07) is 10.2. The van der Waals surface area contributed by atoms with Crippen LogP contribution < -0.4 is 10.6 Å². The van der Waals surface area contributed by atoms with Gasteiger partial charge in [0.2, 0.25) is 15.7 Å². The fourth-order valence-electron chi connectivity index (χ4n) is 2.03. The van der Waals surface area contributed by atoms with E-state index in [4.69, 9.17) is 23.2 Å². The Balaban J connectivity index is 2.33. The van der Waals surface area contributed by atoms with Crippen molar-refractivity contribution in [2.75, 3.05) is 18.4 Å². The highest BCUT2D eigenvalue weighted by molar-refractivity contribution is 7.91. The second-order valence-electron chi connectivity index (χ2n) is 5.04. The lowest BCUT2D eigenvalue weighted by molar-refractivity contribution is -0.119. The van der Waals surface area contributed by atoms with Gasteiger partial charge in [-0.1, -0.05) is 29.3 Å². The van der Waals surface area contributed by atoms with Crippen molar-refractivity contribution in [2.45, 2.75) is 9.79 Å². The first-order valence-corrected chi connectivity index (χ1v) is 9.50. The maximum atomic E-state index is 12.9. The van der Waals surface area contributed by atoms with Gasteiger partial charge in [0, 0.05) is 16.6 Å². The zero-order valence-electron chi connectivity index (χ0n) is 13.1. The van der Waals surface area contributed by atoms with Gasteiger partial charge in [0.25, 0.3) is 0 Å². The zero-order chi connectivity index (χ0) is 18.4. The van der Waals surface area contributed by atoms with Crippen molar-refractivity contribution in [3.8, 4) is 0 Å². The van der Waals surface area contributed by atoms with Gasteiger partial charge < -0.3 is 10.6 Å². The van der Waals surface area contributed by atoms with Crippen LogP contribution in [-0.2, 0) is 14.6 Å². The number of rotatable bonds is 7. The van der Waals surface area contributed by atoms with Gasteiger partial charge in [-0.3, -0.25) is 4.79 Å². The van der Waals surface area contributed by atoms with Crippen LogP contribution >= 0.6 is 23.2 Å². The van der Waals surface area contributed by atoms with Crippen LogP contribution in [0, 0.1) is 0 Å². The van der Waals surface area contributed by atoms with Crippen molar-refractivity contribution in [1.29, 1.82) is 0 Å². The van der Waals surface area contributed by atoms with Gasteiger partial charge in [0.05, 0.1) is 22.0 Å². The Hall–Kier alpha value is -2.02. The van der Waals surface area contributed by atoms with Crippen molar-refractivity contribution >= 4 is 44.6 Å². The Morgan fingerprint density at radius 1 is 1.08 bits per heavy atom. The van der Waals surface area contributed by atoms with Gasteiger partial charge in [-0.05, 0) is 42.5 Å². The number of halogens is 2. The number of carbonyl (C=O) groups excluding carboxylic acids is 1. The van der Waals surface area contributed by atoms with E-state index in [2.05, 4.69) is 17.2 Å². The molecule has 1 amide bonds. The number of anilines is 1. The molecule has 132 valence electrons. The predicted molar refractivity (Wildman–Crippen MR) is 100 cm³/mol. The van der Waals surface area contributed by atoms with E-state index in [0.29, 0.717) is 11.6 Å². The normalized spacial score (nSPS) is 11.0. The molecule has 0 fully saturated rings. The quantitative estimate of drug-likeness (QED) is 0.699. The smallest absolute Gasteiger partial charge is 0.239 e. The number of nitrogens with one attached hydrogen (secondary N) is 2. The van der Waals surface area contributed by atoms with Crippen LogP contribution in [0.1, 0.15) is 0 Å². The number of carbonyl (C=O) groups is 1. The molecule has 0 saturated carbocycles. The molecule has 25 heavy (non-hydrogen) atoms. The van der Waals surface area contributed by atoms with E-state index in [9.17, 15) is 13.2 Å². The molecule has 0 aliphatic carbocycles. The Bertz CT molecular complexity index is 881. The number of amides is 1. The Morgan fingerprint density at radius 2 is 1.72 bits per heavy atom. The summed E-state index contributed by atoms with van der Waals surface area (Å²) < 4.78 is 25.8. The molecule has 0 spiro atoms. The molecule has 2 aromatic carbocycles. The third-order valence-electron chi connectivity index (χ3n) is 3.24. The molecule has 0 unspecified atom stereocenters. The van der Waals surface area contributed by atoms with Crippen molar-refractivity contribution in [2.24, 2.45) is 0 Å². The Morgan fingerprint density at radius 3 is 2.36 bits per heavy atom. The number of hydrogen-bond donors (Lipinski definition) is 2. The van der Waals surface area contributed by atoms with E-state index in [1.54, 1.807) is 12.1 Å². The molecule has 0 aromatic heterocycles. The van der Waals surface area contributed by atoms with E-state index >= 15 is 0 Å². The molecule has 0 radical (unpaired) electrons. The van der Waals surface area contributed by atoms with Crippen LogP contribution in [0.2, 0.25) is 10.0 Å². The summed E-state index contributed by atoms with van der Waals surface area (Å²) in [6.45, 7) is 3.75. The van der Waals surface area contributed by atoms with E-state index in [1.165, 1.54) is 36.4 Å². The van der Waals surface area contributed by atoms with Crippen molar-refractivity contribution in [3.05, 3.63) is 65.2 Å². The third-order valence-corrected chi connectivity index (χ3v) is 5.54. The summed E-state index contributed by atoms with van der Waals surface area (Å²) in [6.07, 6.45) is 1.55. The standard InChI is InChI=1S/C17H16Cl2N2O3S/c1-2-9-20-17(22)11-21-15-8-5-13(19)10-16(15)25(23,24)14-6-3-12(18)4-7-14/h2-8,10,21H,1,9,11H2,(H,20,22). The van der Waals surface area contributed by atoms with Crippen molar-refractivity contribution < 1.29 is 13.2 Å². The summed E-state index contributed by atoms with van der Waals surface area (Å²) in [5, 5.41) is 6.13. The number of sulfone groups is 1. The maximum absolute atomic E-state index is 12.9. The molecule has 0 heterocycles. The number of hydrogen-bond acceptors (Lipinski definition) is 4. The molecule has 2 N–H and O–H groups in total. The molecular weight excluding hydrogens is 383 g/mol. The summed E-state index contributed by atoms with van der Waals surface area (Å²) in [7, 11) is -3.83. The topological polar surface area (TPSA) is 75.3 Å². The lowest BCUT2D eigenvalue weighted by atomic mass is 10.3. The summed E-state index contributed by atoms with van der Waals surface area (Å²) >= 11 is 11.8. The van der Waals surface area contributed by atoms with E-state index in [1.807, 2.05) is 0 Å². The van der Waals surface area contributed by atoms with Crippen LogP contribution in [0.15, 0.2) is 64.9 Å². The summed E-state index contributed by atoms with van der Waals surface area (Å²) in [4.78, 5) is 11.8. The molecule has 2 aromatic rings. The minimum atomic E-state index is -3.83. The van der Waals surface area contributed by atoms with Crippen LogP contribution in [0.3, 0.4) is 0 Å². The lowest BCUT2D eigenvalue weighted by Gasteiger charge is -2.13. The monoisotopic (exact) mass is 398 g/mol. The fraction of sp³-hybridized carbons (Fsp3) is 0.118. The highest BCUT2D eigenvalue weighted by atomic mass is 35.5. The second kappa shape index (κ2) is 8.38. The molecule has 0 atom stereocenters. The molecule has 8 heteroatoms. The first-order valence-electron chi connectivity index (χ1n) is 7.26. The fourth-order valence-corrected chi connectivity index (χ4v) is 3.85. The zero-order valence-corrected chi connectivity index (χ0v) is 15.5. The molecular formula is C17H16Cl2N2O3S. The van der Waals surface area contributed by atoms with E-state index in [-0.39, 0.29) is 33.0 Å². The maximum Gasteiger partial charge on any atom is 0.239 e. The summed E-state index contributed by atoms with van der Waals surface area (Å²) in [5.41, 5.74) is 0.285. The van der Waals surface area contributed by atoms with Crippen LogP contribution in [0.5, 0.6) is 0 Å². The van der Waals surface area contributed by atoms with Crippen molar-refractivity contribution in [1.82, 2.24) is 5.32 Å². The van der Waals surface area contributed by atoms with Gasteiger partial charge in [-0.25, -0.2) is 8.42 Å². The predicted octanol–water partition coefficient (Wildman–Crippen LogP) is 3.54. The average Bonchev–Trinajstić information content (AvgIpc) is 2.59. The SMILES string of the molecule is C=CCNC(=O)CNc1ccc(Cl)cc1S(=O)(=O)c1ccc(Cl)cc1. The summed E-state index contributed by atoms with van der Waals surface area (Å²) in [5.74, 6) is -0.287. The van der Waals surface area contributed by atoms with E-state index < -0.39 is 9.84 Å². The number of benzene rings is 2. The molecule has 0 bridgehead atoms. The third kappa shape index (κ3) is 4.98. The van der Waals surface area contributed by atoms with Gasteiger partial charge in [0.15, 0.2) is 0 Å². The van der Waals surface area contributed by atoms with Crippen LogP contribution in [-0.4, -0.2) is 27.4 Å². The average molecular weight is 399 g/mol. The highest BCUT2D eigenvalue weighted by Crippen LogP contribution is 2.30. The minimum Gasteiger partial charge on any atom is -0.375 e. The molecule has 2 rings (SSSR count). The highest BCUT2D eigenvalue weighted by Gasteiger charge is 2.22.